The molecule has 0 radical (unpaired) electrons. The number of benzene rings is 2. The average Bonchev–Trinajstić information content (AvgIpc) is 3.24. The van der Waals surface area contributed by atoms with Crippen molar-refractivity contribution in [2.75, 3.05) is 26.2 Å². The molecule has 32 heavy (non-hydrogen) atoms. The molecule has 0 aromatic heterocycles. The van der Waals surface area contributed by atoms with E-state index in [1.165, 1.54) is 17.5 Å². The smallest absolute Gasteiger partial charge is 0.123 e. The first kappa shape index (κ1) is 25.1. The van der Waals surface area contributed by atoms with Gasteiger partial charge in [-0.25, -0.2) is 0 Å². The van der Waals surface area contributed by atoms with Crippen molar-refractivity contribution in [1.29, 1.82) is 0 Å². The predicted octanol–water partition coefficient (Wildman–Crippen LogP) is 6.06. The maximum Gasteiger partial charge on any atom is 0.123 e. The third-order valence-corrected chi connectivity index (χ3v) is 6.50. The molecule has 0 bridgehead atoms. The minimum Gasteiger partial charge on any atom is -0.493 e. The van der Waals surface area contributed by atoms with Crippen LogP contribution in [0.5, 0.6) is 11.5 Å². The van der Waals surface area contributed by atoms with Gasteiger partial charge in [0.2, 0.25) is 0 Å². The fraction of sp³-hybridized carbons (Fsp3) is 0.556. The summed E-state index contributed by atoms with van der Waals surface area (Å²) in [5.41, 5.74) is 3.76. The summed E-state index contributed by atoms with van der Waals surface area (Å²) >= 11 is 3.73. The molecule has 2 aromatic rings. The van der Waals surface area contributed by atoms with E-state index in [-0.39, 0.29) is 5.41 Å². The normalized spacial score (nSPS) is 16.5. The van der Waals surface area contributed by atoms with Gasteiger partial charge in [0, 0.05) is 22.6 Å². The lowest BCUT2D eigenvalue weighted by atomic mass is 9.87. The van der Waals surface area contributed by atoms with Crippen LogP contribution in [0.4, 0.5) is 0 Å². The molecule has 1 saturated heterocycles. The molecule has 2 N–H and O–H groups in total. The van der Waals surface area contributed by atoms with Gasteiger partial charge in [0.25, 0.3) is 0 Å². The zero-order valence-corrected chi connectivity index (χ0v) is 21.8. The van der Waals surface area contributed by atoms with Crippen LogP contribution in [0.2, 0.25) is 0 Å². The van der Waals surface area contributed by atoms with Gasteiger partial charge in [0.1, 0.15) is 18.1 Å². The van der Waals surface area contributed by atoms with Crippen molar-refractivity contribution in [3.8, 4) is 11.5 Å². The Hall–Kier alpha value is -1.56. The van der Waals surface area contributed by atoms with E-state index in [2.05, 4.69) is 91.5 Å². The van der Waals surface area contributed by atoms with E-state index in [0.29, 0.717) is 19.1 Å². The molecular weight excluding hydrogens is 464 g/mol. The Labute approximate surface area is 202 Å². The van der Waals surface area contributed by atoms with Crippen molar-refractivity contribution in [3.63, 3.8) is 0 Å². The molecule has 0 aliphatic carbocycles. The van der Waals surface area contributed by atoms with Gasteiger partial charge in [-0.15, -0.1) is 0 Å². The lowest BCUT2D eigenvalue weighted by Gasteiger charge is -2.20. The molecule has 3 rings (SSSR count). The zero-order valence-electron chi connectivity index (χ0n) is 20.3. The Morgan fingerprint density at radius 3 is 2.47 bits per heavy atom. The largest absolute Gasteiger partial charge is 0.493 e. The average molecular weight is 504 g/mol. The highest BCUT2D eigenvalue weighted by atomic mass is 79.9. The maximum absolute atomic E-state index is 6.22. The molecular formula is C27H39BrN2O2. The second kappa shape index (κ2) is 11.5. The summed E-state index contributed by atoms with van der Waals surface area (Å²) < 4.78 is 13.3. The number of halogens is 1. The van der Waals surface area contributed by atoms with E-state index < -0.39 is 0 Å². The highest BCUT2D eigenvalue weighted by Crippen LogP contribution is 2.29. The van der Waals surface area contributed by atoms with Crippen molar-refractivity contribution in [3.05, 3.63) is 57.6 Å². The van der Waals surface area contributed by atoms with E-state index in [9.17, 15) is 0 Å². The highest BCUT2D eigenvalue weighted by Gasteiger charge is 2.16. The second-order valence-corrected chi connectivity index (χ2v) is 11.2. The molecule has 1 unspecified atom stereocenters. The van der Waals surface area contributed by atoms with E-state index in [1.54, 1.807) is 0 Å². The van der Waals surface area contributed by atoms with Gasteiger partial charge in [-0.2, -0.15) is 0 Å². The van der Waals surface area contributed by atoms with Crippen LogP contribution in [0.15, 0.2) is 40.9 Å². The molecule has 1 heterocycles. The van der Waals surface area contributed by atoms with Gasteiger partial charge >= 0.3 is 0 Å². The van der Waals surface area contributed by atoms with Gasteiger partial charge < -0.3 is 20.1 Å². The molecule has 1 atom stereocenters. The molecule has 4 nitrogen and oxygen atoms in total. The zero-order chi connectivity index (χ0) is 23.1. The van der Waals surface area contributed by atoms with Crippen LogP contribution in [0.3, 0.4) is 0 Å². The molecule has 0 spiro atoms. The minimum atomic E-state index is 0.125. The SMILES string of the molecule is CC(C)COc1cc(CNCC2CCNC2)cc(OCc2ccc(C(C)(C)C)cc2Br)c1. The summed E-state index contributed by atoms with van der Waals surface area (Å²) in [5.74, 6) is 2.92. The Morgan fingerprint density at radius 1 is 1.09 bits per heavy atom. The van der Waals surface area contributed by atoms with E-state index >= 15 is 0 Å². The van der Waals surface area contributed by atoms with Crippen LogP contribution in [0.1, 0.15) is 57.7 Å². The van der Waals surface area contributed by atoms with Crippen LogP contribution in [0, 0.1) is 11.8 Å². The molecule has 176 valence electrons. The van der Waals surface area contributed by atoms with Gasteiger partial charge in [0.05, 0.1) is 6.61 Å². The molecule has 5 heteroatoms. The van der Waals surface area contributed by atoms with Crippen molar-refractivity contribution in [2.45, 2.75) is 59.6 Å². The summed E-state index contributed by atoms with van der Waals surface area (Å²) in [7, 11) is 0. The predicted molar refractivity (Wildman–Crippen MR) is 137 cm³/mol. The molecule has 1 fully saturated rings. The standard InChI is InChI=1S/C27H39BrN2O2/c1-19(2)17-31-24-10-21(16-30-15-20-8-9-29-14-20)11-25(13-24)32-18-22-6-7-23(12-26(22)28)27(3,4)5/h6-7,10-13,19-20,29-30H,8-9,14-18H2,1-5H3. The van der Waals surface area contributed by atoms with Crippen molar-refractivity contribution in [2.24, 2.45) is 11.8 Å². The quantitative estimate of drug-likeness (QED) is 0.414. The van der Waals surface area contributed by atoms with Crippen molar-refractivity contribution < 1.29 is 9.47 Å². The Balaban J connectivity index is 1.67. The summed E-state index contributed by atoms with van der Waals surface area (Å²) in [6, 6.07) is 12.8. The minimum absolute atomic E-state index is 0.125. The van der Waals surface area contributed by atoms with E-state index in [1.807, 2.05) is 6.07 Å². The number of ether oxygens (including phenoxy) is 2. The first-order valence-corrected chi connectivity index (χ1v) is 12.6. The molecule has 0 amide bonds. The molecule has 2 aromatic carbocycles. The Kier molecular flexibility index (Phi) is 9.04. The fourth-order valence-electron chi connectivity index (χ4n) is 3.76. The Bertz CT molecular complexity index is 870. The monoisotopic (exact) mass is 502 g/mol. The van der Waals surface area contributed by atoms with Gasteiger partial charge in [-0.05, 0) is 72.6 Å². The summed E-state index contributed by atoms with van der Waals surface area (Å²) in [5, 5.41) is 7.04. The van der Waals surface area contributed by atoms with Crippen LogP contribution < -0.4 is 20.1 Å². The Morgan fingerprint density at radius 2 is 1.84 bits per heavy atom. The van der Waals surface area contributed by atoms with E-state index in [4.69, 9.17) is 9.47 Å². The van der Waals surface area contributed by atoms with Crippen molar-refractivity contribution in [1.82, 2.24) is 10.6 Å². The van der Waals surface area contributed by atoms with Gasteiger partial charge in [0.15, 0.2) is 0 Å². The van der Waals surface area contributed by atoms with Gasteiger partial charge in [-0.1, -0.05) is 62.7 Å². The lowest BCUT2D eigenvalue weighted by Crippen LogP contribution is -2.24. The first-order chi connectivity index (χ1) is 15.2. The molecule has 1 aliphatic rings. The number of hydrogen-bond donors (Lipinski definition) is 2. The topological polar surface area (TPSA) is 42.5 Å². The first-order valence-electron chi connectivity index (χ1n) is 11.8. The number of rotatable bonds is 10. The van der Waals surface area contributed by atoms with Crippen LogP contribution in [-0.2, 0) is 18.6 Å². The lowest BCUT2D eigenvalue weighted by molar-refractivity contribution is 0.265. The summed E-state index contributed by atoms with van der Waals surface area (Å²) in [4.78, 5) is 0. The summed E-state index contributed by atoms with van der Waals surface area (Å²) in [6.45, 7) is 16.3. The number of nitrogens with one attached hydrogen (secondary N) is 2. The van der Waals surface area contributed by atoms with Crippen molar-refractivity contribution >= 4 is 15.9 Å². The van der Waals surface area contributed by atoms with Crippen LogP contribution >= 0.6 is 15.9 Å². The second-order valence-electron chi connectivity index (χ2n) is 10.4. The van der Waals surface area contributed by atoms with Crippen LogP contribution in [-0.4, -0.2) is 26.2 Å². The third-order valence-electron chi connectivity index (χ3n) is 5.76. The molecule has 0 saturated carbocycles. The maximum atomic E-state index is 6.22. The van der Waals surface area contributed by atoms with Gasteiger partial charge in [-0.3, -0.25) is 0 Å². The highest BCUT2D eigenvalue weighted by molar-refractivity contribution is 9.10. The number of hydrogen-bond acceptors (Lipinski definition) is 4. The fourth-order valence-corrected chi connectivity index (χ4v) is 4.26. The summed E-state index contributed by atoms with van der Waals surface area (Å²) in [6.07, 6.45) is 1.25. The van der Waals surface area contributed by atoms with E-state index in [0.717, 1.165) is 53.6 Å². The third kappa shape index (κ3) is 7.79. The molecule has 1 aliphatic heterocycles. The van der Waals surface area contributed by atoms with Crippen LogP contribution in [0.25, 0.3) is 0 Å².